The van der Waals surface area contributed by atoms with Crippen molar-refractivity contribution in [3.63, 3.8) is 0 Å². The van der Waals surface area contributed by atoms with Gasteiger partial charge in [-0.2, -0.15) is 11.8 Å². The molecule has 2 rings (SSSR count). The molecule has 106 valence electrons. The van der Waals surface area contributed by atoms with Gasteiger partial charge in [-0.15, -0.1) is 0 Å². The third-order valence-corrected chi connectivity index (χ3v) is 5.96. The van der Waals surface area contributed by atoms with Crippen LogP contribution in [0, 0.1) is 11.3 Å². The van der Waals surface area contributed by atoms with Crippen LogP contribution in [0.1, 0.15) is 39.5 Å². The van der Waals surface area contributed by atoms with Gasteiger partial charge in [0.15, 0.2) is 0 Å². The molecule has 1 atom stereocenters. The average Bonchev–Trinajstić information content (AvgIpc) is 2.33. The van der Waals surface area contributed by atoms with Crippen LogP contribution in [0.2, 0.25) is 0 Å². The topological polar surface area (TPSA) is 15.3 Å². The maximum Gasteiger partial charge on any atom is 0.0209 e. The summed E-state index contributed by atoms with van der Waals surface area (Å²) < 4.78 is 0. The van der Waals surface area contributed by atoms with E-state index in [1.165, 1.54) is 56.8 Å². The molecule has 0 aromatic rings. The lowest BCUT2D eigenvalue weighted by Crippen LogP contribution is -2.47. The Balaban J connectivity index is 1.65. The fourth-order valence-electron chi connectivity index (χ4n) is 3.08. The third kappa shape index (κ3) is 4.14. The second kappa shape index (κ2) is 6.62. The molecule has 18 heavy (non-hydrogen) atoms. The number of rotatable bonds is 4. The van der Waals surface area contributed by atoms with Crippen molar-refractivity contribution in [2.45, 2.75) is 45.6 Å². The Morgan fingerprint density at radius 1 is 1.28 bits per heavy atom. The zero-order chi connectivity index (χ0) is 13.0. The maximum atomic E-state index is 3.84. The molecule has 0 radical (unpaired) electrons. The number of piperidine rings is 1. The first-order valence-electron chi connectivity index (χ1n) is 7.57. The summed E-state index contributed by atoms with van der Waals surface area (Å²) >= 11 is 2.12. The van der Waals surface area contributed by atoms with E-state index in [2.05, 4.69) is 42.9 Å². The molecule has 2 saturated heterocycles. The van der Waals surface area contributed by atoms with Crippen molar-refractivity contribution in [3.05, 3.63) is 0 Å². The number of hydrogen-bond acceptors (Lipinski definition) is 3. The van der Waals surface area contributed by atoms with E-state index < -0.39 is 0 Å². The van der Waals surface area contributed by atoms with Crippen LogP contribution in [-0.4, -0.2) is 49.1 Å². The van der Waals surface area contributed by atoms with Crippen molar-refractivity contribution in [2.24, 2.45) is 11.3 Å². The first-order valence-corrected chi connectivity index (χ1v) is 8.73. The van der Waals surface area contributed by atoms with Crippen LogP contribution < -0.4 is 5.32 Å². The fourth-order valence-corrected chi connectivity index (χ4v) is 4.73. The smallest absolute Gasteiger partial charge is 0.0209 e. The lowest BCUT2D eigenvalue weighted by atomic mass is 9.82. The van der Waals surface area contributed by atoms with Gasteiger partial charge in [-0.3, -0.25) is 0 Å². The lowest BCUT2D eigenvalue weighted by molar-refractivity contribution is 0.201. The zero-order valence-electron chi connectivity index (χ0n) is 12.4. The highest BCUT2D eigenvalue weighted by molar-refractivity contribution is 7.99. The van der Waals surface area contributed by atoms with Gasteiger partial charge < -0.3 is 10.2 Å². The summed E-state index contributed by atoms with van der Waals surface area (Å²) in [6.45, 7) is 8.69. The van der Waals surface area contributed by atoms with Crippen LogP contribution in [0.25, 0.3) is 0 Å². The molecular weight excluding hydrogens is 240 g/mol. The predicted octanol–water partition coefficient (Wildman–Crippen LogP) is 2.84. The molecule has 2 heterocycles. The SMILES string of the molecule is CN1CCC(CCNC2CSCCC2(C)C)CC1. The lowest BCUT2D eigenvalue weighted by Gasteiger charge is -2.39. The van der Waals surface area contributed by atoms with E-state index in [1.807, 2.05) is 0 Å². The number of thioether (sulfide) groups is 1. The van der Waals surface area contributed by atoms with Crippen LogP contribution in [0.4, 0.5) is 0 Å². The van der Waals surface area contributed by atoms with Crippen molar-refractivity contribution in [2.75, 3.05) is 38.2 Å². The van der Waals surface area contributed by atoms with E-state index in [1.54, 1.807) is 0 Å². The minimum Gasteiger partial charge on any atom is -0.313 e. The van der Waals surface area contributed by atoms with E-state index in [0.29, 0.717) is 5.41 Å². The minimum atomic E-state index is 0.498. The van der Waals surface area contributed by atoms with Gasteiger partial charge in [0.2, 0.25) is 0 Å². The van der Waals surface area contributed by atoms with Crippen LogP contribution in [0.3, 0.4) is 0 Å². The molecule has 0 saturated carbocycles. The predicted molar refractivity (Wildman–Crippen MR) is 82.4 cm³/mol. The highest BCUT2D eigenvalue weighted by Gasteiger charge is 2.32. The molecule has 2 nitrogen and oxygen atoms in total. The van der Waals surface area contributed by atoms with Gasteiger partial charge in [0.1, 0.15) is 0 Å². The molecule has 1 unspecified atom stereocenters. The standard InChI is InChI=1S/C15H30N2S/c1-15(2)7-11-18-12-14(15)16-8-4-13-5-9-17(3)10-6-13/h13-14,16H,4-12H2,1-3H3. The zero-order valence-corrected chi connectivity index (χ0v) is 13.2. The highest BCUT2D eigenvalue weighted by Crippen LogP contribution is 2.34. The molecule has 0 spiro atoms. The van der Waals surface area contributed by atoms with Gasteiger partial charge in [-0.1, -0.05) is 13.8 Å². The van der Waals surface area contributed by atoms with E-state index in [0.717, 1.165) is 12.0 Å². The Labute approximate surface area is 117 Å². The number of likely N-dealkylation sites (tertiary alicyclic amines) is 1. The number of nitrogens with zero attached hydrogens (tertiary/aromatic N) is 1. The summed E-state index contributed by atoms with van der Waals surface area (Å²) in [5.41, 5.74) is 0.498. The van der Waals surface area contributed by atoms with Gasteiger partial charge in [0.25, 0.3) is 0 Å². The molecule has 0 aromatic heterocycles. The van der Waals surface area contributed by atoms with Gasteiger partial charge in [0.05, 0.1) is 0 Å². The Morgan fingerprint density at radius 3 is 2.67 bits per heavy atom. The van der Waals surface area contributed by atoms with E-state index in [4.69, 9.17) is 0 Å². The van der Waals surface area contributed by atoms with E-state index in [9.17, 15) is 0 Å². The van der Waals surface area contributed by atoms with Gasteiger partial charge in [0, 0.05) is 11.8 Å². The first-order chi connectivity index (χ1) is 8.58. The summed E-state index contributed by atoms with van der Waals surface area (Å²) in [6, 6.07) is 0.725. The highest BCUT2D eigenvalue weighted by atomic mass is 32.2. The Kier molecular flexibility index (Phi) is 5.40. The Hall–Kier alpha value is 0.270. The first kappa shape index (κ1) is 14.7. The second-order valence-corrected chi connectivity index (χ2v) is 8.01. The van der Waals surface area contributed by atoms with Crippen molar-refractivity contribution in [1.82, 2.24) is 10.2 Å². The van der Waals surface area contributed by atoms with Crippen LogP contribution in [-0.2, 0) is 0 Å². The number of hydrogen-bond donors (Lipinski definition) is 1. The van der Waals surface area contributed by atoms with Crippen molar-refractivity contribution in [1.29, 1.82) is 0 Å². The minimum absolute atomic E-state index is 0.498. The van der Waals surface area contributed by atoms with Gasteiger partial charge in [-0.05, 0) is 69.5 Å². The molecule has 2 aliphatic rings. The average molecular weight is 270 g/mol. The molecule has 0 bridgehead atoms. The summed E-state index contributed by atoms with van der Waals surface area (Å²) in [4.78, 5) is 2.46. The molecule has 0 amide bonds. The largest absolute Gasteiger partial charge is 0.313 e. The molecule has 1 N–H and O–H groups in total. The summed E-state index contributed by atoms with van der Waals surface area (Å²) in [6.07, 6.45) is 5.55. The van der Waals surface area contributed by atoms with Crippen LogP contribution in [0.15, 0.2) is 0 Å². The molecule has 0 aliphatic carbocycles. The van der Waals surface area contributed by atoms with Crippen LogP contribution >= 0.6 is 11.8 Å². The normalized spacial score (nSPS) is 30.5. The van der Waals surface area contributed by atoms with Gasteiger partial charge in [-0.25, -0.2) is 0 Å². The monoisotopic (exact) mass is 270 g/mol. The molecule has 2 fully saturated rings. The van der Waals surface area contributed by atoms with E-state index >= 15 is 0 Å². The summed E-state index contributed by atoms with van der Waals surface area (Å²) in [5, 5.41) is 3.84. The Morgan fingerprint density at radius 2 is 2.00 bits per heavy atom. The van der Waals surface area contributed by atoms with E-state index in [-0.39, 0.29) is 0 Å². The van der Waals surface area contributed by atoms with Gasteiger partial charge >= 0.3 is 0 Å². The quantitative estimate of drug-likeness (QED) is 0.846. The van der Waals surface area contributed by atoms with Crippen molar-refractivity contribution >= 4 is 11.8 Å². The molecule has 2 aliphatic heterocycles. The fraction of sp³-hybridized carbons (Fsp3) is 1.00. The molecule has 3 heteroatoms. The maximum absolute atomic E-state index is 3.84. The Bertz CT molecular complexity index is 247. The molecular formula is C15H30N2S. The molecule has 0 aromatic carbocycles. The van der Waals surface area contributed by atoms with Crippen LogP contribution in [0.5, 0.6) is 0 Å². The van der Waals surface area contributed by atoms with Crippen molar-refractivity contribution in [3.8, 4) is 0 Å². The number of nitrogens with one attached hydrogen (secondary N) is 1. The second-order valence-electron chi connectivity index (χ2n) is 6.86. The van der Waals surface area contributed by atoms with Crippen molar-refractivity contribution < 1.29 is 0 Å². The summed E-state index contributed by atoms with van der Waals surface area (Å²) in [5.74, 6) is 3.62. The summed E-state index contributed by atoms with van der Waals surface area (Å²) in [7, 11) is 2.25. The third-order valence-electron chi connectivity index (χ3n) is 4.90.